The van der Waals surface area contributed by atoms with Crippen LogP contribution in [0, 0.1) is 0 Å². The second kappa shape index (κ2) is 2.36. The van der Waals surface area contributed by atoms with Crippen molar-refractivity contribution in [1.82, 2.24) is 0 Å². The van der Waals surface area contributed by atoms with Crippen molar-refractivity contribution in [1.29, 1.82) is 0 Å². The van der Waals surface area contributed by atoms with Gasteiger partial charge in [0.1, 0.15) is 7.28 Å². The summed E-state index contributed by atoms with van der Waals surface area (Å²) in [6.45, 7) is 3.24. The van der Waals surface area contributed by atoms with Gasteiger partial charge in [0.15, 0.2) is 0 Å². The Balaban J connectivity index is 1.80. The summed E-state index contributed by atoms with van der Waals surface area (Å²) in [5.74, 6) is 0. The molecule has 7 heavy (non-hydrogen) atoms. The van der Waals surface area contributed by atoms with Crippen LogP contribution in [0.5, 0.6) is 0 Å². The van der Waals surface area contributed by atoms with Gasteiger partial charge in [-0.05, 0) is 6.32 Å². The van der Waals surface area contributed by atoms with Gasteiger partial charge >= 0.3 is 0 Å². The Morgan fingerprint density at radius 1 is 1.86 bits per heavy atom. The zero-order chi connectivity index (χ0) is 5.11. The van der Waals surface area contributed by atoms with E-state index in [0.29, 0.717) is 6.10 Å². The Kier molecular flexibility index (Phi) is 1.74. The molecule has 1 aliphatic heterocycles. The molecule has 0 aromatic rings. The first-order valence-corrected chi connectivity index (χ1v) is 3.05. The van der Waals surface area contributed by atoms with E-state index in [9.17, 15) is 0 Å². The van der Waals surface area contributed by atoms with Gasteiger partial charge in [0.05, 0.1) is 12.7 Å². The first kappa shape index (κ1) is 5.17. The number of rotatable bonds is 3. The third-order valence-electron chi connectivity index (χ3n) is 1.28. The fraction of sp³-hybridized carbons (Fsp3) is 1.00. The molecule has 1 rings (SSSR count). The van der Waals surface area contributed by atoms with Crippen molar-refractivity contribution in [3.63, 3.8) is 0 Å². The molecule has 1 fully saturated rings. The molecule has 1 atom stereocenters. The molecule has 0 spiro atoms. The lowest BCUT2D eigenvalue weighted by Crippen LogP contribution is -1.90. The molecule has 0 N–H and O–H groups in total. The number of ether oxygens (including phenoxy) is 1. The van der Waals surface area contributed by atoms with Crippen molar-refractivity contribution in [2.75, 3.05) is 6.61 Å². The lowest BCUT2D eigenvalue weighted by atomic mass is 9.71. The van der Waals surface area contributed by atoms with Crippen LogP contribution in [-0.2, 0) is 4.74 Å². The summed E-state index contributed by atoms with van der Waals surface area (Å²) in [5.41, 5.74) is 0. The minimum absolute atomic E-state index is 0.653. The molecule has 40 valence electrons. The second-order valence-electron chi connectivity index (χ2n) is 2.10. The zero-order valence-electron chi connectivity index (χ0n) is 4.81. The van der Waals surface area contributed by atoms with Gasteiger partial charge in [-0.1, -0.05) is 13.2 Å². The Hall–Kier alpha value is 0.0249. The topological polar surface area (TPSA) is 12.5 Å². The molecule has 1 heterocycles. The minimum Gasteiger partial charge on any atom is -0.374 e. The van der Waals surface area contributed by atoms with E-state index in [4.69, 9.17) is 4.74 Å². The van der Waals surface area contributed by atoms with Crippen LogP contribution < -0.4 is 0 Å². The SMILES string of the molecule is CCBCC1CO1. The predicted molar refractivity (Wildman–Crippen MR) is 32.2 cm³/mol. The van der Waals surface area contributed by atoms with Crippen molar-refractivity contribution >= 4 is 7.28 Å². The van der Waals surface area contributed by atoms with Crippen molar-refractivity contribution in [2.45, 2.75) is 25.7 Å². The van der Waals surface area contributed by atoms with E-state index in [2.05, 4.69) is 6.92 Å². The largest absolute Gasteiger partial charge is 0.374 e. The highest BCUT2D eigenvalue weighted by molar-refractivity contribution is 6.35. The quantitative estimate of drug-likeness (QED) is 0.373. The Bertz CT molecular complexity index is 52.0. The summed E-state index contributed by atoms with van der Waals surface area (Å²) in [5, 5.41) is 0. The molecule has 1 nitrogen and oxygen atoms in total. The van der Waals surface area contributed by atoms with E-state index in [1.807, 2.05) is 0 Å². The average Bonchev–Trinajstić information content (AvgIpc) is 2.42. The maximum Gasteiger partial charge on any atom is 0.123 e. The molecule has 0 bridgehead atoms. The molecule has 1 unspecified atom stereocenters. The van der Waals surface area contributed by atoms with Crippen LogP contribution in [0.2, 0.25) is 12.6 Å². The van der Waals surface area contributed by atoms with Gasteiger partial charge in [-0.2, -0.15) is 0 Å². The summed E-state index contributed by atoms with van der Waals surface area (Å²) in [7, 11) is 1.34. The molecule has 0 aromatic carbocycles. The Morgan fingerprint density at radius 3 is 3.00 bits per heavy atom. The van der Waals surface area contributed by atoms with Crippen LogP contribution in [0.25, 0.3) is 0 Å². The van der Waals surface area contributed by atoms with Gasteiger partial charge in [-0.3, -0.25) is 0 Å². The van der Waals surface area contributed by atoms with Crippen LogP contribution in [-0.4, -0.2) is 20.0 Å². The molecule has 0 saturated carbocycles. The molecule has 0 amide bonds. The molecule has 0 aliphatic carbocycles. The van der Waals surface area contributed by atoms with E-state index >= 15 is 0 Å². The molecule has 2 heteroatoms. The third kappa shape index (κ3) is 1.98. The lowest BCUT2D eigenvalue weighted by molar-refractivity contribution is 0.422. The van der Waals surface area contributed by atoms with Crippen LogP contribution in [0.15, 0.2) is 0 Å². The first-order valence-electron chi connectivity index (χ1n) is 3.05. The summed E-state index contributed by atoms with van der Waals surface area (Å²) < 4.78 is 5.01. The van der Waals surface area contributed by atoms with E-state index in [-0.39, 0.29) is 0 Å². The maximum absolute atomic E-state index is 5.01. The third-order valence-corrected chi connectivity index (χ3v) is 1.28. The van der Waals surface area contributed by atoms with Gasteiger partial charge in [0, 0.05) is 0 Å². The highest BCUT2D eigenvalue weighted by Crippen LogP contribution is 2.13. The first-order chi connectivity index (χ1) is 3.43. The average molecular weight is 98.0 g/mol. The Morgan fingerprint density at radius 2 is 2.57 bits per heavy atom. The van der Waals surface area contributed by atoms with Gasteiger partial charge in [0.25, 0.3) is 0 Å². The normalized spacial score (nSPS) is 27.3. The molecular weight excluding hydrogens is 86.9 g/mol. The smallest absolute Gasteiger partial charge is 0.123 e. The standard InChI is InChI=1S/C5H11BO/c1-2-6-3-5-4-7-5/h5-6H,2-4H2,1H3. The molecular formula is C5H11BO. The van der Waals surface area contributed by atoms with E-state index in [1.54, 1.807) is 0 Å². The van der Waals surface area contributed by atoms with Crippen molar-refractivity contribution in [3.8, 4) is 0 Å². The molecule has 0 aromatic heterocycles. The molecule has 0 radical (unpaired) electrons. The summed E-state index contributed by atoms with van der Waals surface area (Å²) in [6, 6.07) is 0. The summed E-state index contributed by atoms with van der Waals surface area (Å²) in [4.78, 5) is 0. The number of epoxide rings is 1. The zero-order valence-corrected chi connectivity index (χ0v) is 4.81. The molecule has 1 aliphatic rings. The van der Waals surface area contributed by atoms with Crippen molar-refractivity contribution in [3.05, 3.63) is 0 Å². The van der Waals surface area contributed by atoms with E-state index < -0.39 is 0 Å². The van der Waals surface area contributed by atoms with Crippen molar-refractivity contribution in [2.24, 2.45) is 0 Å². The predicted octanol–water partition coefficient (Wildman–Crippen LogP) is 0.678. The van der Waals surface area contributed by atoms with Gasteiger partial charge in [-0.15, -0.1) is 0 Å². The number of hydrogen-bond donors (Lipinski definition) is 0. The fourth-order valence-corrected chi connectivity index (χ4v) is 0.667. The lowest BCUT2D eigenvalue weighted by Gasteiger charge is -1.83. The molecule has 1 saturated heterocycles. The monoisotopic (exact) mass is 98.1 g/mol. The van der Waals surface area contributed by atoms with Gasteiger partial charge in [0.2, 0.25) is 0 Å². The van der Waals surface area contributed by atoms with Gasteiger partial charge in [-0.25, -0.2) is 0 Å². The summed E-state index contributed by atoms with van der Waals surface area (Å²) in [6.07, 6.45) is 3.25. The van der Waals surface area contributed by atoms with Crippen LogP contribution in [0.4, 0.5) is 0 Å². The summed E-state index contributed by atoms with van der Waals surface area (Å²) >= 11 is 0. The maximum atomic E-state index is 5.01. The minimum atomic E-state index is 0.653. The van der Waals surface area contributed by atoms with Crippen LogP contribution in [0.1, 0.15) is 6.92 Å². The van der Waals surface area contributed by atoms with Gasteiger partial charge < -0.3 is 4.74 Å². The number of hydrogen-bond acceptors (Lipinski definition) is 1. The van der Waals surface area contributed by atoms with Crippen LogP contribution in [0.3, 0.4) is 0 Å². The van der Waals surface area contributed by atoms with E-state index in [1.165, 1.54) is 19.9 Å². The van der Waals surface area contributed by atoms with E-state index in [0.717, 1.165) is 6.61 Å². The highest BCUT2D eigenvalue weighted by Gasteiger charge is 2.20. The van der Waals surface area contributed by atoms with Crippen LogP contribution >= 0.6 is 0 Å². The fourth-order valence-electron chi connectivity index (χ4n) is 0.667. The Labute approximate surface area is 45.3 Å². The second-order valence-corrected chi connectivity index (χ2v) is 2.10. The van der Waals surface area contributed by atoms with Crippen molar-refractivity contribution < 1.29 is 4.74 Å². The highest BCUT2D eigenvalue weighted by atomic mass is 16.6.